The number of halogens is 1. The monoisotopic (exact) mass is 207 g/mol. The molecule has 5 heteroatoms. The molecule has 1 aromatic carbocycles. The normalized spacial score (nSPS) is 10.1. The van der Waals surface area contributed by atoms with Crippen LogP contribution in [0.5, 0.6) is 0 Å². The molecular weight excluding hydrogens is 202 g/mol. The Kier molecular flexibility index (Phi) is 2.31. The number of hydrogen-bond donors (Lipinski definition) is 1. The van der Waals surface area contributed by atoms with E-state index in [-0.39, 0.29) is 0 Å². The first-order chi connectivity index (χ1) is 6.81. The Balaban J connectivity index is 2.46. The maximum absolute atomic E-state index is 9.91. The van der Waals surface area contributed by atoms with Crippen molar-refractivity contribution in [1.82, 2.24) is 10.2 Å². The summed E-state index contributed by atoms with van der Waals surface area (Å²) in [4.78, 5) is 13.4. The molecule has 0 aliphatic carbocycles. The standard InChI is InChI=1S/C9H6ClN3O/c10-9-7-2-1-6(4-11-5-14)3-8(7)12-13-9/h1-3H,4H2,(H,12,13). The molecule has 70 valence electrons. The van der Waals surface area contributed by atoms with Crippen molar-refractivity contribution in [3.8, 4) is 0 Å². The average Bonchev–Trinajstić information content (AvgIpc) is 2.57. The summed E-state index contributed by atoms with van der Waals surface area (Å²) in [5.74, 6) is 0. The number of isocyanates is 1. The van der Waals surface area contributed by atoms with Crippen LogP contribution in [-0.2, 0) is 11.3 Å². The number of fused-ring (bicyclic) bond motifs is 1. The average molecular weight is 208 g/mol. The highest BCUT2D eigenvalue weighted by Crippen LogP contribution is 2.21. The Bertz CT molecular complexity index is 514. The summed E-state index contributed by atoms with van der Waals surface area (Å²) in [6.45, 7) is 0.323. The minimum Gasteiger partial charge on any atom is -0.266 e. The molecule has 0 saturated heterocycles. The summed E-state index contributed by atoms with van der Waals surface area (Å²) < 4.78 is 0. The van der Waals surface area contributed by atoms with E-state index in [9.17, 15) is 4.79 Å². The minimum atomic E-state index is 0.323. The zero-order valence-electron chi connectivity index (χ0n) is 7.12. The molecule has 1 aromatic heterocycles. The van der Waals surface area contributed by atoms with Crippen molar-refractivity contribution in [2.24, 2.45) is 4.99 Å². The topological polar surface area (TPSA) is 58.1 Å². The Labute approximate surface area is 84.6 Å². The Hall–Kier alpha value is -1.64. The third-order valence-corrected chi connectivity index (χ3v) is 2.19. The Morgan fingerprint density at radius 1 is 1.57 bits per heavy atom. The molecule has 1 heterocycles. The SMILES string of the molecule is O=C=NCc1ccc2c(Cl)[nH]nc2c1. The van der Waals surface area contributed by atoms with Crippen molar-refractivity contribution >= 4 is 28.6 Å². The number of H-pyrrole nitrogens is 1. The van der Waals surface area contributed by atoms with Crippen LogP contribution in [-0.4, -0.2) is 16.3 Å². The van der Waals surface area contributed by atoms with Gasteiger partial charge < -0.3 is 0 Å². The van der Waals surface area contributed by atoms with Crippen LogP contribution < -0.4 is 0 Å². The fourth-order valence-electron chi connectivity index (χ4n) is 1.25. The number of rotatable bonds is 2. The summed E-state index contributed by atoms with van der Waals surface area (Å²) in [5, 5.41) is 8.04. The van der Waals surface area contributed by atoms with E-state index >= 15 is 0 Å². The molecule has 0 aliphatic rings. The van der Waals surface area contributed by atoms with E-state index < -0.39 is 0 Å². The van der Waals surface area contributed by atoms with Crippen LogP contribution in [0.4, 0.5) is 0 Å². The van der Waals surface area contributed by atoms with Crippen molar-refractivity contribution in [2.75, 3.05) is 0 Å². The fourth-order valence-corrected chi connectivity index (χ4v) is 1.45. The van der Waals surface area contributed by atoms with Crippen LogP contribution in [0.3, 0.4) is 0 Å². The molecule has 0 atom stereocenters. The molecule has 0 spiro atoms. The summed E-state index contributed by atoms with van der Waals surface area (Å²) in [6.07, 6.45) is 1.49. The quantitative estimate of drug-likeness (QED) is 0.605. The van der Waals surface area contributed by atoms with Gasteiger partial charge in [0, 0.05) is 5.39 Å². The summed E-state index contributed by atoms with van der Waals surface area (Å²) in [5.41, 5.74) is 1.68. The molecule has 1 N–H and O–H groups in total. The molecule has 14 heavy (non-hydrogen) atoms. The van der Waals surface area contributed by atoms with Gasteiger partial charge in [-0.25, -0.2) is 9.79 Å². The van der Waals surface area contributed by atoms with Gasteiger partial charge in [0.1, 0.15) is 5.15 Å². The molecular formula is C9H6ClN3O. The minimum absolute atomic E-state index is 0.323. The van der Waals surface area contributed by atoms with Crippen molar-refractivity contribution < 1.29 is 4.79 Å². The summed E-state index contributed by atoms with van der Waals surface area (Å²) in [6, 6.07) is 5.53. The van der Waals surface area contributed by atoms with Crippen LogP contribution in [0.2, 0.25) is 5.15 Å². The molecule has 0 bridgehead atoms. The van der Waals surface area contributed by atoms with Crippen molar-refractivity contribution in [3.63, 3.8) is 0 Å². The maximum Gasteiger partial charge on any atom is 0.235 e. The van der Waals surface area contributed by atoms with Crippen molar-refractivity contribution in [3.05, 3.63) is 28.9 Å². The van der Waals surface area contributed by atoms with Crippen LogP contribution in [0.15, 0.2) is 23.2 Å². The first-order valence-electron chi connectivity index (χ1n) is 3.97. The number of benzene rings is 1. The highest BCUT2D eigenvalue weighted by atomic mass is 35.5. The smallest absolute Gasteiger partial charge is 0.235 e. The van der Waals surface area contributed by atoms with E-state index in [1.807, 2.05) is 18.2 Å². The van der Waals surface area contributed by atoms with Gasteiger partial charge >= 0.3 is 0 Å². The van der Waals surface area contributed by atoms with Crippen molar-refractivity contribution in [2.45, 2.75) is 6.54 Å². The van der Waals surface area contributed by atoms with Gasteiger partial charge in [-0.2, -0.15) is 5.10 Å². The van der Waals surface area contributed by atoms with E-state index in [0.717, 1.165) is 16.5 Å². The lowest BCUT2D eigenvalue weighted by atomic mass is 10.2. The van der Waals surface area contributed by atoms with Gasteiger partial charge in [-0.15, -0.1) is 0 Å². The lowest BCUT2D eigenvalue weighted by Gasteiger charge is -1.93. The van der Waals surface area contributed by atoms with E-state index in [1.165, 1.54) is 6.08 Å². The second-order valence-corrected chi connectivity index (χ2v) is 3.17. The van der Waals surface area contributed by atoms with Gasteiger partial charge in [-0.1, -0.05) is 17.7 Å². The summed E-state index contributed by atoms with van der Waals surface area (Å²) >= 11 is 5.83. The summed E-state index contributed by atoms with van der Waals surface area (Å²) in [7, 11) is 0. The molecule has 4 nitrogen and oxygen atoms in total. The molecule has 0 amide bonds. The van der Waals surface area contributed by atoms with Gasteiger partial charge in [0.2, 0.25) is 6.08 Å². The highest BCUT2D eigenvalue weighted by molar-refractivity contribution is 6.34. The number of nitrogens with zero attached hydrogens (tertiary/aromatic N) is 2. The molecule has 2 rings (SSSR count). The van der Waals surface area contributed by atoms with Gasteiger partial charge in [0.05, 0.1) is 12.1 Å². The highest BCUT2D eigenvalue weighted by Gasteiger charge is 2.02. The zero-order chi connectivity index (χ0) is 9.97. The lowest BCUT2D eigenvalue weighted by molar-refractivity contribution is 0.563. The largest absolute Gasteiger partial charge is 0.266 e. The first kappa shape index (κ1) is 8.94. The number of aromatic amines is 1. The second-order valence-electron chi connectivity index (χ2n) is 2.80. The van der Waals surface area contributed by atoms with Gasteiger partial charge in [-0.05, 0) is 17.7 Å². The number of nitrogens with one attached hydrogen (secondary N) is 1. The van der Waals surface area contributed by atoms with Gasteiger partial charge in [0.25, 0.3) is 0 Å². The Morgan fingerprint density at radius 2 is 2.43 bits per heavy atom. The van der Waals surface area contributed by atoms with Crippen molar-refractivity contribution in [1.29, 1.82) is 0 Å². The lowest BCUT2D eigenvalue weighted by Crippen LogP contribution is -1.80. The van der Waals surface area contributed by atoms with Gasteiger partial charge in [-0.3, -0.25) is 5.10 Å². The van der Waals surface area contributed by atoms with E-state index in [0.29, 0.717) is 11.7 Å². The predicted molar refractivity (Wildman–Crippen MR) is 52.9 cm³/mol. The van der Waals surface area contributed by atoms with E-state index in [1.54, 1.807) is 0 Å². The third-order valence-electron chi connectivity index (χ3n) is 1.90. The maximum atomic E-state index is 9.91. The Morgan fingerprint density at radius 3 is 3.21 bits per heavy atom. The number of hydrogen-bond acceptors (Lipinski definition) is 3. The molecule has 0 radical (unpaired) electrons. The molecule has 2 aromatic rings. The third kappa shape index (κ3) is 1.53. The number of aromatic nitrogens is 2. The van der Waals surface area contributed by atoms with Crippen LogP contribution in [0, 0.1) is 0 Å². The molecule has 0 unspecified atom stereocenters. The predicted octanol–water partition coefficient (Wildman–Crippen LogP) is 2.05. The number of carbonyl (C=O) groups excluding carboxylic acids is 1. The van der Waals surface area contributed by atoms with Gasteiger partial charge in [0.15, 0.2) is 0 Å². The zero-order valence-corrected chi connectivity index (χ0v) is 7.88. The molecule has 0 aliphatic heterocycles. The fraction of sp³-hybridized carbons (Fsp3) is 0.111. The number of aliphatic imine (C=N–C) groups is 1. The van der Waals surface area contributed by atoms with Crippen LogP contribution >= 0.6 is 11.6 Å². The first-order valence-corrected chi connectivity index (χ1v) is 4.35. The van der Waals surface area contributed by atoms with Crippen LogP contribution in [0.1, 0.15) is 5.56 Å². The molecule has 0 fully saturated rings. The second kappa shape index (κ2) is 3.62. The van der Waals surface area contributed by atoms with E-state index in [4.69, 9.17) is 11.6 Å². The van der Waals surface area contributed by atoms with E-state index in [2.05, 4.69) is 15.2 Å². The van der Waals surface area contributed by atoms with Crippen LogP contribution in [0.25, 0.3) is 10.9 Å². The molecule has 0 saturated carbocycles.